The van der Waals surface area contributed by atoms with Gasteiger partial charge in [-0.05, 0) is 6.07 Å². The number of nitrogens with two attached hydrogens (primary N) is 1. The molecule has 82 valence electrons. The molecule has 3 N–H and O–H groups in total. The lowest BCUT2D eigenvalue weighted by molar-refractivity contribution is 0.979. The van der Waals surface area contributed by atoms with Crippen LogP contribution in [-0.4, -0.2) is 9.97 Å². The number of H-pyrrole nitrogens is 1. The number of nitrogens with one attached hydrogen (secondary N) is 1. The number of aromatic nitrogens is 2. The highest BCUT2D eigenvalue weighted by atomic mass is 79.9. The Morgan fingerprint density at radius 1 is 1.38 bits per heavy atom. The number of aromatic amines is 1. The fourth-order valence-corrected chi connectivity index (χ4v) is 1.83. The van der Waals surface area contributed by atoms with Crippen molar-refractivity contribution in [1.29, 1.82) is 0 Å². The van der Waals surface area contributed by atoms with Crippen molar-refractivity contribution in [3.63, 3.8) is 0 Å². The van der Waals surface area contributed by atoms with E-state index in [0.29, 0.717) is 11.4 Å². The van der Waals surface area contributed by atoms with Gasteiger partial charge in [-0.3, -0.25) is 4.79 Å². The van der Waals surface area contributed by atoms with E-state index in [1.807, 2.05) is 24.3 Å². The maximum absolute atomic E-state index is 11.6. The summed E-state index contributed by atoms with van der Waals surface area (Å²) in [7, 11) is 0. The van der Waals surface area contributed by atoms with E-state index in [9.17, 15) is 4.79 Å². The van der Waals surface area contributed by atoms with Gasteiger partial charge in [0.15, 0.2) is 0 Å². The van der Waals surface area contributed by atoms with Crippen molar-refractivity contribution in [2.24, 2.45) is 5.73 Å². The summed E-state index contributed by atoms with van der Waals surface area (Å²) in [6.07, 6.45) is 1.51. The van der Waals surface area contributed by atoms with Crippen molar-refractivity contribution in [1.82, 2.24) is 9.97 Å². The standard InChI is InChI=1S/C11H10BrN3O/c12-9-4-2-1-3-8(9)10-14-6-7(5-13)11(16)15-10/h1-4,6H,5,13H2,(H,14,15,16). The highest BCUT2D eigenvalue weighted by Gasteiger charge is 2.06. The monoisotopic (exact) mass is 279 g/mol. The van der Waals surface area contributed by atoms with E-state index in [2.05, 4.69) is 25.9 Å². The van der Waals surface area contributed by atoms with Crippen molar-refractivity contribution in [2.75, 3.05) is 0 Å². The number of hydrogen-bond acceptors (Lipinski definition) is 3. The number of rotatable bonds is 2. The van der Waals surface area contributed by atoms with Crippen LogP contribution in [0, 0.1) is 0 Å². The average Bonchev–Trinajstić information content (AvgIpc) is 2.29. The van der Waals surface area contributed by atoms with E-state index < -0.39 is 0 Å². The Balaban J connectivity index is 2.54. The maximum Gasteiger partial charge on any atom is 0.255 e. The van der Waals surface area contributed by atoms with Crippen LogP contribution in [0.3, 0.4) is 0 Å². The largest absolute Gasteiger partial charge is 0.326 e. The van der Waals surface area contributed by atoms with Gasteiger partial charge in [-0.2, -0.15) is 0 Å². The number of halogens is 1. The molecule has 2 rings (SSSR count). The van der Waals surface area contributed by atoms with Crippen LogP contribution >= 0.6 is 15.9 Å². The third-order valence-electron chi connectivity index (χ3n) is 2.22. The third-order valence-corrected chi connectivity index (χ3v) is 2.91. The summed E-state index contributed by atoms with van der Waals surface area (Å²) in [5, 5.41) is 0. The van der Waals surface area contributed by atoms with Gasteiger partial charge < -0.3 is 10.7 Å². The molecule has 0 bridgehead atoms. The molecule has 16 heavy (non-hydrogen) atoms. The van der Waals surface area contributed by atoms with Crippen molar-refractivity contribution in [2.45, 2.75) is 6.54 Å². The lowest BCUT2D eigenvalue weighted by Crippen LogP contribution is -2.17. The zero-order chi connectivity index (χ0) is 11.5. The fraction of sp³-hybridized carbons (Fsp3) is 0.0909. The highest BCUT2D eigenvalue weighted by molar-refractivity contribution is 9.10. The molecule has 1 aromatic heterocycles. The normalized spacial score (nSPS) is 10.4. The first-order chi connectivity index (χ1) is 7.72. The Hall–Kier alpha value is -1.46. The lowest BCUT2D eigenvalue weighted by atomic mass is 10.2. The summed E-state index contributed by atoms with van der Waals surface area (Å²) in [6.45, 7) is 0.193. The molecule has 2 aromatic rings. The summed E-state index contributed by atoms with van der Waals surface area (Å²) in [6, 6.07) is 7.56. The van der Waals surface area contributed by atoms with Crippen LogP contribution in [-0.2, 0) is 6.54 Å². The second kappa shape index (κ2) is 4.59. The Bertz CT molecular complexity index is 565. The molecule has 0 aliphatic rings. The molecule has 1 aromatic carbocycles. The van der Waals surface area contributed by atoms with Crippen molar-refractivity contribution in [3.8, 4) is 11.4 Å². The molecule has 0 fully saturated rings. The molecule has 0 amide bonds. The Morgan fingerprint density at radius 3 is 2.75 bits per heavy atom. The van der Waals surface area contributed by atoms with Crippen LogP contribution < -0.4 is 11.3 Å². The van der Waals surface area contributed by atoms with E-state index in [4.69, 9.17) is 5.73 Å². The van der Waals surface area contributed by atoms with E-state index >= 15 is 0 Å². The zero-order valence-corrected chi connectivity index (χ0v) is 9.99. The first-order valence-corrected chi connectivity index (χ1v) is 5.55. The van der Waals surface area contributed by atoms with Crippen LogP contribution in [0.4, 0.5) is 0 Å². The van der Waals surface area contributed by atoms with Crippen molar-refractivity contribution in [3.05, 3.63) is 50.9 Å². The summed E-state index contributed by atoms with van der Waals surface area (Å²) < 4.78 is 0.888. The van der Waals surface area contributed by atoms with Gasteiger partial charge in [0.25, 0.3) is 5.56 Å². The molecule has 0 aliphatic heterocycles. The van der Waals surface area contributed by atoms with Crippen molar-refractivity contribution < 1.29 is 0 Å². The summed E-state index contributed by atoms with van der Waals surface area (Å²) in [4.78, 5) is 18.4. The predicted molar refractivity (Wildman–Crippen MR) is 65.9 cm³/mol. The second-order valence-electron chi connectivity index (χ2n) is 3.27. The van der Waals surface area contributed by atoms with E-state index in [0.717, 1.165) is 10.0 Å². The van der Waals surface area contributed by atoms with Gasteiger partial charge in [0.1, 0.15) is 5.82 Å². The van der Waals surface area contributed by atoms with Gasteiger partial charge in [0, 0.05) is 28.3 Å². The van der Waals surface area contributed by atoms with Crippen LogP contribution in [0.2, 0.25) is 0 Å². The molecular weight excluding hydrogens is 270 g/mol. The first kappa shape index (κ1) is 11.0. The number of benzene rings is 1. The molecule has 0 atom stereocenters. The van der Waals surface area contributed by atoms with Gasteiger partial charge in [0.2, 0.25) is 0 Å². The highest BCUT2D eigenvalue weighted by Crippen LogP contribution is 2.23. The van der Waals surface area contributed by atoms with Crippen LogP contribution in [0.5, 0.6) is 0 Å². The van der Waals surface area contributed by atoms with E-state index in [1.165, 1.54) is 6.20 Å². The van der Waals surface area contributed by atoms with E-state index in [1.54, 1.807) is 0 Å². The predicted octanol–water partition coefficient (Wildman–Crippen LogP) is 1.66. The quantitative estimate of drug-likeness (QED) is 0.878. The Morgan fingerprint density at radius 2 is 2.12 bits per heavy atom. The SMILES string of the molecule is NCc1cnc(-c2ccccc2Br)[nH]c1=O. The van der Waals surface area contributed by atoms with Crippen LogP contribution in [0.1, 0.15) is 5.56 Å². The summed E-state index contributed by atoms with van der Waals surface area (Å²) >= 11 is 3.41. The molecule has 0 spiro atoms. The van der Waals surface area contributed by atoms with Crippen LogP contribution in [0.15, 0.2) is 39.7 Å². The molecule has 4 nitrogen and oxygen atoms in total. The van der Waals surface area contributed by atoms with Crippen LogP contribution in [0.25, 0.3) is 11.4 Å². The number of hydrogen-bond donors (Lipinski definition) is 2. The minimum Gasteiger partial charge on any atom is -0.326 e. The molecule has 0 aliphatic carbocycles. The smallest absolute Gasteiger partial charge is 0.255 e. The van der Waals surface area contributed by atoms with Gasteiger partial charge in [0.05, 0.1) is 0 Å². The molecule has 0 radical (unpaired) electrons. The first-order valence-electron chi connectivity index (χ1n) is 4.75. The molecule has 1 heterocycles. The Labute approximate surface area is 101 Å². The zero-order valence-electron chi connectivity index (χ0n) is 8.40. The topological polar surface area (TPSA) is 71.8 Å². The minimum absolute atomic E-state index is 0.191. The summed E-state index contributed by atoms with van der Waals surface area (Å²) in [5.41, 5.74) is 6.54. The van der Waals surface area contributed by atoms with Gasteiger partial charge in [-0.25, -0.2) is 4.98 Å². The van der Waals surface area contributed by atoms with Crippen molar-refractivity contribution >= 4 is 15.9 Å². The average molecular weight is 280 g/mol. The van der Waals surface area contributed by atoms with Gasteiger partial charge >= 0.3 is 0 Å². The molecule has 5 heteroatoms. The fourth-order valence-electron chi connectivity index (χ4n) is 1.36. The molecule has 0 saturated heterocycles. The number of nitrogens with zero attached hydrogens (tertiary/aromatic N) is 1. The summed E-state index contributed by atoms with van der Waals surface area (Å²) in [5.74, 6) is 0.537. The maximum atomic E-state index is 11.6. The molecule has 0 unspecified atom stereocenters. The van der Waals surface area contributed by atoms with E-state index in [-0.39, 0.29) is 12.1 Å². The Kier molecular flexibility index (Phi) is 3.17. The molecular formula is C11H10BrN3O. The molecule has 0 saturated carbocycles. The lowest BCUT2D eigenvalue weighted by Gasteiger charge is -2.03. The van der Waals surface area contributed by atoms with Gasteiger partial charge in [-0.1, -0.05) is 34.1 Å². The second-order valence-corrected chi connectivity index (χ2v) is 4.12. The third kappa shape index (κ3) is 2.05. The minimum atomic E-state index is -0.191. The van der Waals surface area contributed by atoms with Gasteiger partial charge in [-0.15, -0.1) is 0 Å².